The first kappa shape index (κ1) is 17.9. The molecule has 0 atom stereocenters. The van der Waals surface area contributed by atoms with Gasteiger partial charge in [0.2, 0.25) is 0 Å². The first-order chi connectivity index (χ1) is 12.2. The first-order valence-corrected chi connectivity index (χ1v) is 8.94. The standard InChI is InChI=1S/C16H14F2N4O3S/c1-22-14-12(9-20-22)7-13(10-19-14)26(24,25)21-15(23)16(17,18)8-11-5-3-2-4-6-11/h2-7,9-10H,8H2,1H3,(H,21,23). The number of nitrogens with zero attached hydrogens (tertiary/aromatic N) is 3. The summed E-state index contributed by atoms with van der Waals surface area (Å²) in [5.74, 6) is -5.78. The van der Waals surface area contributed by atoms with E-state index in [1.807, 2.05) is 0 Å². The fourth-order valence-corrected chi connectivity index (χ4v) is 3.34. The molecule has 0 aliphatic heterocycles. The molecule has 0 spiro atoms. The fourth-order valence-electron chi connectivity index (χ4n) is 2.36. The molecule has 26 heavy (non-hydrogen) atoms. The van der Waals surface area contributed by atoms with Crippen molar-refractivity contribution < 1.29 is 22.0 Å². The number of aryl methyl sites for hydroxylation is 1. The first-order valence-electron chi connectivity index (χ1n) is 7.46. The number of aromatic nitrogens is 3. The molecule has 3 aromatic rings. The lowest BCUT2D eigenvalue weighted by atomic mass is 10.1. The number of sulfonamides is 1. The summed E-state index contributed by atoms with van der Waals surface area (Å²) in [4.78, 5) is 15.4. The average Bonchev–Trinajstić information content (AvgIpc) is 2.96. The Morgan fingerprint density at radius 1 is 1.23 bits per heavy atom. The van der Waals surface area contributed by atoms with E-state index in [1.165, 1.54) is 33.8 Å². The van der Waals surface area contributed by atoms with Crippen molar-refractivity contribution in [1.82, 2.24) is 19.5 Å². The minimum Gasteiger partial charge on any atom is -0.267 e. The van der Waals surface area contributed by atoms with Crippen LogP contribution in [0.15, 0.2) is 53.7 Å². The third kappa shape index (κ3) is 3.54. The second kappa shape index (κ2) is 6.45. The Bertz CT molecular complexity index is 1070. The summed E-state index contributed by atoms with van der Waals surface area (Å²) >= 11 is 0. The zero-order chi connectivity index (χ0) is 18.9. The molecule has 0 aliphatic carbocycles. The lowest BCUT2D eigenvalue weighted by molar-refractivity contribution is -0.143. The van der Waals surface area contributed by atoms with Crippen LogP contribution >= 0.6 is 0 Å². The molecule has 1 N–H and O–H groups in total. The Labute approximate surface area is 147 Å². The number of rotatable bonds is 5. The highest BCUT2D eigenvalue weighted by Crippen LogP contribution is 2.22. The van der Waals surface area contributed by atoms with E-state index in [-0.39, 0.29) is 5.56 Å². The van der Waals surface area contributed by atoms with Crippen LogP contribution in [0, 0.1) is 0 Å². The number of carbonyl (C=O) groups excluding carboxylic acids is 1. The molecule has 0 fully saturated rings. The number of amides is 1. The van der Waals surface area contributed by atoms with E-state index in [1.54, 1.807) is 25.2 Å². The molecular formula is C16H14F2N4O3S. The van der Waals surface area contributed by atoms with Crippen LogP contribution in [0.5, 0.6) is 0 Å². The average molecular weight is 380 g/mol. The molecule has 1 aromatic carbocycles. The number of hydrogen-bond donors (Lipinski definition) is 1. The molecule has 2 aromatic heterocycles. The topological polar surface area (TPSA) is 94.0 Å². The molecule has 7 nitrogen and oxygen atoms in total. The van der Waals surface area contributed by atoms with Gasteiger partial charge in [-0.05, 0) is 11.6 Å². The number of nitrogens with one attached hydrogen (secondary N) is 1. The van der Waals surface area contributed by atoms with Crippen LogP contribution in [0.2, 0.25) is 0 Å². The fraction of sp³-hybridized carbons (Fsp3) is 0.188. The van der Waals surface area contributed by atoms with E-state index in [0.29, 0.717) is 11.0 Å². The van der Waals surface area contributed by atoms with Crippen molar-refractivity contribution in [2.75, 3.05) is 0 Å². The summed E-state index contributed by atoms with van der Waals surface area (Å²) in [7, 11) is -2.88. The van der Waals surface area contributed by atoms with Gasteiger partial charge in [0.15, 0.2) is 5.65 Å². The highest BCUT2D eigenvalue weighted by molar-refractivity contribution is 7.90. The Kier molecular flexibility index (Phi) is 4.45. The van der Waals surface area contributed by atoms with Gasteiger partial charge in [0.25, 0.3) is 10.0 Å². The van der Waals surface area contributed by atoms with Gasteiger partial charge in [0.05, 0.1) is 6.20 Å². The smallest absolute Gasteiger partial charge is 0.267 e. The van der Waals surface area contributed by atoms with Gasteiger partial charge in [-0.3, -0.25) is 9.48 Å². The molecular weight excluding hydrogens is 366 g/mol. The minimum absolute atomic E-state index is 0.212. The molecule has 1 amide bonds. The van der Waals surface area contributed by atoms with Crippen molar-refractivity contribution in [2.24, 2.45) is 7.05 Å². The summed E-state index contributed by atoms with van der Waals surface area (Å²) in [6, 6.07) is 8.81. The molecule has 0 unspecified atom stereocenters. The van der Waals surface area contributed by atoms with Gasteiger partial charge in [-0.2, -0.15) is 13.9 Å². The van der Waals surface area contributed by atoms with E-state index >= 15 is 0 Å². The minimum atomic E-state index is -4.50. The molecule has 136 valence electrons. The zero-order valence-electron chi connectivity index (χ0n) is 13.6. The molecule has 0 saturated carbocycles. The third-order valence-corrected chi connectivity index (χ3v) is 4.98. The van der Waals surface area contributed by atoms with Gasteiger partial charge in [-0.15, -0.1) is 0 Å². The van der Waals surface area contributed by atoms with Gasteiger partial charge in [-0.25, -0.2) is 18.1 Å². The Hall–Kier alpha value is -2.88. The van der Waals surface area contributed by atoms with Crippen molar-refractivity contribution in [3.63, 3.8) is 0 Å². The van der Waals surface area contributed by atoms with Crippen molar-refractivity contribution >= 4 is 27.0 Å². The van der Waals surface area contributed by atoms with Gasteiger partial charge >= 0.3 is 11.8 Å². The molecule has 0 bridgehead atoms. The number of hydrogen-bond acceptors (Lipinski definition) is 5. The zero-order valence-corrected chi connectivity index (χ0v) is 14.4. The maximum Gasteiger partial charge on any atom is 0.329 e. The predicted molar refractivity (Wildman–Crippen MR) is 88.9 cm³/mol. The van der Waals surface area contributed by atoms with Crippen LogP contribution in [0.4, 0.5) is 8.78 Å². The number of alkyl halides is 2. The second-order valence-corrected chi connectivity index (χ2v) is 7.34. The normalized spacial score (nSPS) is 12.3. The van der Waals surface area contributed by atoms with Gasteiger partial charge < -0.3 is 0 Å². The second-order valence-electron chi connectivity index (χ2n) is 5.65. The number of pyridine rings is 1. The van der Waals surface area contributed by atoms with Crippen LogP contribution in [-0.4, -0.2) is 35.0 Å². The maximum absolute atomic E-state index is 14.1. The van der Waals surface area contributed by atoms with Crippen molar-refractivity contribution in [2.45, 2.75) is 17.2 Å². The summed E-state index contributed by atoms with van der Waals surface area (Å²) in [5, 5.41) is 4.32. The number of fused-ring (bicyclic) bond motifs is 1. The molecule has 3 rings (SSSR count). The number of halogens is 2. The Morgan fingerprint density at radius 3 is 2.62 bits per heavy atom. The largest absolute Gasteiger partial charge is 0.329 e. The maximum atomic E-state index is 14.1. The summed E-state index contributed by atoms with van der Waals surface area (Å²) in [6.45, 7) is 0. The Morgan fingerprint density at radius 2 is 1.92 bits per heavy atom. The third-order valence-electron chi connectivity index (χ3n) is 3.69. The van der Waals surface area contributed by atoms with E-state index in [2.05, 4.69) is 10.1 Å². The van der Waals surface area contributed by atoms with Crippen LogP contribution in [-0.2, 0) is 28.3 Å². The van der Waals surface area contributed by atoms with Crippen LogP contribution in [0.3, 0.4) is 0 Å². The van der Waals surface area contributed by atoms with Crippen molar-refractivity contribution in [1.29, 1.82) is 0 Å². The molecule has 0 radical (unpaired) electrons. The summed E-state index contributed by atoms with van der Waals surface area (Å²) < 4.78 is 55.6. The van der Waals surface area contributed by atoms with Crippen molar-refractivity contribution in [3.05, 3.63) is 54.4 Å². The number of benzene rings is 1. The summed E-state index contributed by atoms with van der Waals surface area (Å²) in [5.41, 5.74) is 0.633. The summed E-state index contributed by atoms with van der Waals surface area (Å²) in [6.07, 6.45) is 1.46. The molecule has 2 heterocycles. The Balaban J connectivity index is 1.81. The lowest BCUT2D eigenvalue weighted by Gasteiger charge is -2.16. The molecule has 10 heteroatoms. The molecule has 0 aliphatic rings. The molecule has 0 saturated heterocycles. The SMILES string of the molecule is Cn1ncc2cc(S(=O)(=O)NC(=O)C(F)(F)Cc3ccccc3)cnc21. The van der Waals surface area contributed by atoms with Crippen LogP contribution in [0.25, 0.3) is 11.0 Å². The van der Waals surface area contributed by atoms with E-state index in [9.17, 15) is 22.0 Å². The van der Waals surface area contributed by atoms with E-state index < -0.39 is 33.2 Å². The van der Waals surface area contributed by atoms with E-state index in [0.717, 1.165) is 6.20 Å². The lowest BCUT2D eigenvalue weighted by Crippen LogP contribution is -2.44. The monoisotopic (exact) mass is 380 g/mol. The van der Waals surface area contributed by atoms with Crippen LogP contribution in [0.1, 0.15) is 5.56 Å². The van der Waals surface area contributed by atoms with Gasteiger partial charge in [0.1, 0.15) is 4.90 Å². The van der Waals surface area contributed by atoms with Gasteiger partial charge in [-0.1, -0.05) is 30.3 Å². The highest BCUT2D eigenvalue weighted by atomic mass is 32.2. The highest BCUT2D eigenvalue weighted by Gasteiger charge is 2.41. The van der Waals surface area contributed by atoms with Gasteiger partial charge in [0, 0.05) is 25.1 Å². The quantitative estimate of drug-likeness (QED) is 0.726. The van der Waals surface area contributed by atoms with Crippen LogP contribution < -0.4 is 4.72 Å². The van der Waals surface area contributed by atoms with Crippen molar-refractivity contribution in [3.8, 4) is 0 Å². The number of carbonyl (C=O) groups is 1. The van der Waals surface area contributed by atoms with E-state index in [4.69, 9.17) is 0 Å². The predicted octanol–water partition coefficient (Wildman–Crippen LogP) is 1.65.